The molecule has 1 heterocycles. The van der Waals surface area contributed by atoms with Crippen LogP contribution in [0.5, 0.6) is 0 Å². The molecule has 416 valence electrons. The molecule has 1 aliphatic heterocycles. The fourth-order valence-electron chi connectivity index (χ4n) is 6.05. The number of carbonyl (C=O) groups is 5. The normalized spacial score (nSPS) is 18.5. The summed E-state index contributed by atoms with van der Waals surface area (Å²) in [4.78, 5) is 61.5. The van der Waals surface area contributed by atoms with Gasteiger partial charge in [-0.1, -0.05) is 0 Å². The van der Waals surface area contributed by atoms with Gasteiger partial charge in [-0.3, -0.25) is 24.0 Å². The Bertz CT molecular complexity index is 1380. The minimum atomic E-state index is -1.59. The molecule has 1 saturated heterocycles. The summed E-state index contributed by atoms with van der Waals surface area (Å²) in [7, 11) is 0. The SMILES string of the molecule is CC(=O)CCOCCOCCOCCOCCOCCOCCOCCOCCOCCOCCOCCOCCNC(=O)[C@H](CC(=O)NC1OC(CO)C(O)C(O)C1NC(C)=O)CC(=O)OC(C)(C)C. The molecule has 0 radical (unpaired) electrons. The van der Waals surface area contributed by atoms with Gasteiger partial charge < -0.3 is 97.6 Å². The van der Waals surface area contributed by atoms with Crippen molar-refractivity contribution >= 4 is 29.5 Å². The van der Waals surface area contributed by atoms with Gasteiger partial charge in [0.25, 0.3) is 0 Å². The van der Waals surface area contributed by atoms with Crippen LogP contribution in [0, 0.1) is 5.92 Å². The first-order valence-electron chi connectivity index (χ1n) is 24.2. The van der Waals surface area contributed by atoms with Crippen molar-refractivity contribution in [2.45, 2.75) is 90.1 Å². The van der Waals surface area contributed by atoms with E-state index in [1.807, 2.05) is 0 Å². The maximum absolute atomic E-state index is 13.1. The van der Waals surface area contributed by atoms with E-state index >= 15 is 0 Å². The smallest absolute Gasteiger partial charge is 0.307 e. The van der Waals surface area contributed by atoms with E-state index < -0.39 is 85.2 Å². The summed E-state index contributed by atoms with van der Waals surface area (Å²) < 4.78 is 76.4. The predicted molar refractivity (Wildman–Crippen MR) is 250 cm³/mol. The van der Waals surface area contributed by atoms with Crippen LogP contribution in [0.25, 0.3) is 0 Å². The Balaban J connectivity index is 1.99. The van der Waals surface area contributed by atoms with Gasteiger partial charge in [0.05, 0.1) is 178 Å². The zero-order chi connectivity index (χ0) is 52.4. The van der Waals surface area contributed by atoms with Crippen LogP contribution < -0.4 is 16.0 Å². The minimum Gasteiger partial charge on any atom is -0.460 e. The number of hydrogen-bond donors (Lipinski definition) is 6. The Morgan fingerprint density at radius 1 is 0.521 bits per heavy atom. The molecule has 0 aliphatic carbocycles. The first-order chi connectivity index (χ1) is 34.1. The summed E-state index contributed by atoms with van der Waals surface area (Å²) in [6.07, 6.45) is -6.27. The van der Waals surface area contributed by atoms with Crippen LogP contribution in [0.2, 0.25) is 0 Å². The zero-order valence-corrected chi connectivity index (χ0v) is 42.6. The Morgan fingerprint density at radius 2 is 0.887 bits per heavy atom. The monoisotopic (exact) mass is 1030 g/mol. The van der Waals surface area contributed by atoms with Gasteiger partial charge >= 0.3 is 5.97 Å². The van der Waals surface area contributed by atoms with Crippen LogP contribution in [-0.2, 0) is 90.3 Å². The van der Waals surface area contributed by atoms with E-state index in [2.05, 4.69) is 16.0 Å². The van der Waals surface area contributed by atoms with E-state index in [1.165, 1.54) is 13.8 Å². The number of amides is 3. The molecule has 5 unspecified atom stereocenters. The number of rotatable bonds is 47. The molecule has 6 atom stereocenters. The highest BCUT2D eigenvalue weighted by atomic mass is 16.6. The summed E-state index contributed by atoms with van der Waals surface area (Å²) >= 11 is 0. The van der Waals surface area contributed by atoms with Gasteiger partial charge in [-0.2, -0.15) is 0 Å². The maximum atomic E-state index is 13.1. The van der Waals surface area contributed by atoms with E-state index in [9.17, 15) is 39.3 Å². The average Bonchev–Trinajstić information content (AvgIpc) is 3.31. The molecule has 1 aliphatic rings. The molecule has 0 aromatic heterocycles. The summed E-state index contributed by atoms with van der Waals surface area (Å²) in [6.45, 7) is 16.9. The molecule has 0 saturated carbocycles. The second-order valence-electron chi connectivity index (χ2n) is 16.8. The Morgan fingerprint density at radius 3 is 1.23 bits per heavy atom. The van der Waals surface area contributed by atoms with Crippen LogP contribution >= 0.6 is 0 Å². The van der Waals surface area contributed by atoms with Gasteiger partial charge in [0, 0.05) is 26.3 Å². The largest absolute Gasteiger partial charge is 0.460 e. The molecule has 3 amide bonds. The highest BCUT2D eigenvalue weighted by Crippen LogP contribution is 2.21. The van der Waals surface area contributed by atoms with Gasteiger partial charge in [0.15, 0.2) is 6.23 Å². The number of ether oxygens (including phenoxy) is 14. The van der Waals surface area contributed by atoms with E-state index in [1.54, 1.807) is 20.8 Å². The van der Waals surface area contributed by atoms with Crippen molar-refractivity contribution in [2.75, 3.05) is 172 Å². The van der Waals surface area contributed by atoms with Crippen molar-refractivity contribution in [1.29, 1.82) is 0 Å². The third kappa shape index (κ3) is 38.2. The Labute approximate surface area is 418 Å². The molecule has 71 heavy (non-hydrogen) atoms. The van der Waals surface area contributed by atoms with Crippen molar-refractivity contribution < 1.29 is 106 Å². The highest BCUT2D eigenvalue weighted by Gasteiger charge is 2.45. The van der Waals surface area contributed by atoms with Crippen LogP contribution in [0.3, 0.4) is 0 Å². The van der Waals surface area contributed by atoms with Crippen molar-refractivity contribution in [3.05, 3.63) is 0 Å². The lowest BCUT2D eigenvalue weighted by atomic mass is 9.95. The number of carbonyl (C=O) groups excluding carboxylic acids is 5. The van der Waals surface area contributed by atoms with Gasteiger partial charge in [-0.05, 0) is 27.7 Å². The van der Waals surface area contributed by atoms with Crippen molar-refractivity contribution in [1.82, 2.24) is 16.0 Å². The van der Waals surface area contributed by atoms with Gasteiger partial charge in [0.1, 0.15) is 35.7 Å². The third-order valence-electron chi connectivity index (χ3n) is 9.47. The highest BCUT2D eigenvalue weighted by molar-refractivity contribution is 5.89. The molecule has 1 fully saturated rings. The molecule has 0 aromatic rings. The lowest BCUT2D eigenvalue weighted by Crippen LogP contribution is -2.68. The molecular formula is C46H85N3O22. The second-order valence-corrected chi connectivity index (χ2v) is 16.8. The minimum absolute atomic E-state index is 0.0689. The zero-order valence-electron chi connectivity index (χ0n) is 42.6. The van der Waals surface area contributed by atoms with Crippen LogP contribution in [0.1, 0.15) is 53.9 Å². The van der Waals surface area contributed by atoms with Gasteiger partial charge in [-0.15, -0.1) is 0 Å². The predicted octanol–water partition coefficient (Wildman–Crippen LogP) is -1.92. The Hall–Kier alpha value is -3.09. The molecule has 25 heteroatoms. The van der Waals surface area contributed by atoms with Gasteiger partial charge in [0.2, 0.25) is 17.7 Å². The van der Waals surface area contributed by atoms with E-state index in [0.29, 0.717) is 145 Å². The number of esters is 1. The lowest BCUT2D eigenvalue weighted by Gasteiger charge is -2.42. The summed E-state index contributed by atoms with van der Waals surface area (Å²) in [6, 6.07) is -1.27. The topological polar surface area (TPSA) is 311 Å². The van der Waals surface area contributed by atoms with E-state index in [0.717, 1.165) is 0 Å². The number of aliphatic hydroxyl groups is 3. The average molecular weight is 1030 g/mol. The molecular weight excluding hydrogens is 947 g/mol. The molecule has 25 nitrogen and oxygen atoms in total. The standard InChI is InChI=1S/C46H85N3O22/c1-35(51)6-8-58-10-12-60-14-16-62-18-20-64-22-24-66-26-28-68-30-31-69-29-27-67-25-23-65-21-19-63-17-15-61-13-11-59-9-7-47-44(57)37(33-40(54)71-46(3,4)5)32-39(53)49-45-41(48-36(2)52)43(56)42(55)38(34-50)70-45/h37-38,41-43,45,50,55-56H,6-34H2,1-5H3,(H,47,57)(H,48,52)(H,49,53)/t37-,38?,41?,42?,43?,45?/m1/s1. The molecule has 0 aromatic carbocycles. The van der Waals surface area contributed by atoms with Crippen molar-refractivity contribution in [2.24, 2.45) is 5.92 Å². The quantitative estimate of drug-likeness (QED) is 0.0286. The van der Waals surface area contributed by atoms with Crippen LogP contribution in [-0.4, -0.2) is 253 Å². The number of aliphatic hydroxyl groups excluding tert-OH is 3. The number of ketones is 1. The Kier molecular flexibility index (Phi) is 40.2. The number of Topliss-reactive ketones (excluding diaryl/α,β-unsaturated/α-hetero) is 1. The molecule has 0 spiro atoms. The fourth-order valence-corrected chi connectivity index (χ4v) is 6.05. The van der Waals surface area contributed by atoms with Crippen molar-refractivity contribution in [3.63, 3.8) is 0 Å². The van der Waals surface area contributed by atoms with E-state index in [-0.39, 0.29) is 32.1 Å². The maximum Gasteiger partial charge on any atom is 0.307 e. The van der Waals surface area contributed by atoms with Crippen LogP contribution in [0.4, 0.5) is 0 Å². The van der Waals surface area contributed by atoms with Gasteiger partial charge in [-0.25, -0.2) is 0 Å². The molecule has 1 rings (SSSR count). The van der Waals surface area contributed by atoms with Crippen LogP contribution in [0.15, 0.2) is 0 Å². The molecule has 6 N–H and O–H groups in total. The first kappa shape index (κ1) is 65.9. The summed E-state index contributed by atoms with van der Waals surface area (Å²) in [5.41, 5.74) is -0.841. The molecule has 0 bridgehead atoms. The van der Waals surface area contributed by atoms with E-state index in [4.69, 9.17) is 66.3 Å². The number of hydrogen-bond acceptors (Lipinski definition) is 22. The summed E-state index contributed by atoms with van der Waals surface area (Å²) in [5.74, 6) is -3.72. The summed E-state index contributed by atoms with van der Waals surface area (Å²) in [5, 5.41) is 37.9. The lowest BCUT2D eigenvalue weighted by molar-refractivity contribution is -0.203. The second kappa shape index (κ2) is 43.3. The number of nitrogens with one attached hydrogen (secondary N) is 3. The fraction of sp³-hybridized carbons (Fsp3) is 0.891. The van der Waals surface area contributed by atoms with Crippen molar-refractivity contribution in [3.8, 4) is 0 Å². The first-order valence-corrected chi connectivity index (χ1v) is 24.2. The third-order valence-corrected chi connectivity index (χ3v) is 9.47.